The largest absolute Gasteiger partial charge is 0.377 e. The van der Waals surface area contributed by atoms with E-state index in [1.807, 2.05) is 25.3 Å². The van der Waals surface area contributed by atoms with E-state index in [2.05, 4.69) is 18.3 Å². The molecule has 1 aliphatic heterocycles. The van der Waals surface area contributed by atoms with Gasteiger partial charge in [0.25, 0.3) is 5.56 Å². The van der Waals surface area contributed by atoms with Crippen molar-refractivity contribution in [2.45, 2.75) is 39.7 Å². The first kappa shape index (κ1) is 17.4. The zero-order valence-electron chi connectivity index (χ0n) is 15.0. The number of benzene rings is 1. The SMILES string of the molecule is CCCOCc1cc2c(cc1-c1cc(C)c(=O)n(C)c1)NC(=O)CC2. The molecule has 1 aromatic heterocycles. The summed E-state index contributed by atoms with van der Waals surface area (Å²) in [5, 5.41) is 2.96. The van der Waals surface area contributed by atoms with Gasteiger partial charge in [-0.05, 0) is 54.2 Å². The van der Waals surface area contributed by atoms with Gasteiger partial charge in [-0.1, -0.05) is 13.0 Å². The van der Waals surface area contributed by atoms with Crippen molar-refractivity contribution in [1.82, 2.24) is 4.57 Å². The van der Waals surface area contributed by atoms with Crippen molar-refractivity contribution >= 4 is 11.6 Å². The lowest BCUT2D eigenvalue weighted by molar-refractivity contribution is -0.116. The van der Waals surface area contributed by atoms with Gasteiger partial charge in [0.15, 0.2) is 0 Å². The Morgan fingerprint density at radius 3 is 2.72 bits per heavy atom. The minimum absolute atomic E-state index is 0.00112. The van der Waals surface area contributed by atoms with Gasteiger partial charge in [-0.3, -0.25) is 9.59 Å². The summed E-state index contributed by atoms with van der Waals surface area (Å²) in [6.07, 6.45) is 4.06. The highest BCUT2D eigenvalue weighted by Crippen LogP contribution is 2.33. The molecule has 3 rings (SSSR count). The van der Waals surface area contributed by atoms with E-state index in [4.69, 9.17) is 4.74 Å². The van der Waals surface area contributed by atoms with Gasteiger partial charge in [-0.2, -0.15) is 0 Å². The lowest BCUT2D eigenvalue weighted by Crippen LogP contribution is -2.20. The molecule has 5 nitrogen and oxygen atoms in total. The summed E-state index contributed by atoms with van der Waals surface area (Å²) in [7, 11) is 1.76. The van der Waals surface area contributed by atoms with Crippen molar-refractivity contribution in [1.29, 1.82) is 0 Å². The van der Waals surface area contributed by atoms with Gasteiger partial charge in [0, 0.05) is 37.5 Å². The van der Waals surface area contributed by atoms with Crippen LogP contribution in [0.1, 0.15) is 36.5 Å². The number of aryl methyl sites for hydroxylation is 3. The topological polar surface area (TPSA) is 60.3 Å². The second-order valence-electron chi connectivity index (χ2n) is 6.60. The average Bonchev–Trinajstić information content (AvgIpc) is 2.59. The van der Waals surface area contributed by atoms with Gasteiger partial charge in [-0.25, -0.2) is 0 Å². The monoisotopic (exact) mass is 340 g/mol. The van der Waals surface area contributed by atoms with Gasteiger partial charge in [-0.15, -0.1) is 0 Å². The van der Waals surface area contributed by atoms with Crippen LogP contribution in [-0.2, 0) is 29.6 Å². The standard InChI is InChI=1S/C20H24N2O3/c1-4-7-25-12-16-9-14-5-6-19(23)21-18(14)10-17(16)15-8-13(2)20(24)22(3)11-15/h8-11H,4-7,12H2,1-3H3,(H,21,23). The molecule has 0 saturated heterocycles. The molecule has 0 bridgehead atoms. The molecule has 1 aromatic carbocycles. The molecule has 0 saturated carbocycles. The molecule has 25 heavy (non-hydrogen) atoms. The van der Waals surface area contributed by atoms with E-state index in [-0.39, 0.29) is 11.5 Å². The molecule has 1 N–H and O–H groups in total. The van der Waals surface area contributed by atoms with Crippen LogP contribution < -0.4 is 10.9 Å². The second kappa shape index (κ2) is 7.23. The van der Waals surface area contributed by atoms with Gasteiger partial charge >= 0.3 is 0 Å². The number of hydrogen-bond donors (Lipinski definition) is 1. The van der Waals surface area contributed by atoms with Crippen LogP contribution in [0.2, 0.25) is 0 Å². The van der Waals surface area contributed by atoms with E-state index in [0.29, 0.717) is 25.2 Å². The lowest BCUT2D eigenvalue weighted by atomic mass is 9.93. The molecule has 0 spiro atoms. The number of pyridine rings is 1. The molecule has 0 aliphatic carbocycles. The first-order valence-electron chi connectivity index (χ1n) is 8.70. The Labute approximate surface area is 147 Å². The molecule has 0 unspecified atom stereocenters. The lowest BCUT2D eigenvalue weighted by Gasteiger charge is -2.21. The average molecular weight is 340 g/mol. The molecule has 1 aliphatic rings. The van der Waals surface area contributed by atoms with Crippen LogP contribution in [0.4, 0.5) is 5.69 Å². The normalized spacial score (nSPS) is 13.5. The first-order chi connectivity index (χ1) is 12.0. The van der Waals surface area contributed by atoms with E-state index in [1.54, 1.807) is 11.6 Å². The zero-order valence-corrected chi connectivity index (χ0v) is 15.0. The number of carbonyl (C=O) groups is 1. The van der Waals surface area contributed by atoms with Gasteiger partial charge in [0.1, 0.15) is 0 Å². The molecule has 1 amide bonds. The highest BCUT2D eigenvalue weighted by Gasteiger charge is 2.19. The number of anilines is 1. The molecule has 132 valence electrons. The van der Waals surface area contributed by atoms with Crippen LogP contribution in [0.15, 0.2) is 29.2 Å². The predicted octanol–water partition coefficient (Wildman–Crippen LogP) is 3.17. The Bertz CT molecular complexity index is 842. The van der Waals surface area contributed by atoms with Crippen molar-refractivity contribution in [3.05, 3.63) is 51.4 Å². The maximum Gasteiger partial charge on any atom is 0.253 e. The van der Waals surface area contributed by atoms with Gasteiger partial charge in [0.2, 0.25) is 5.91 Å². The van der Waals surface area contributed by atoms with Gasteiger partial charge in [0.05, 0.1) is 6.61 Å². The second-order valence-corrected chi connectivity index (χ2v) is 6.60. The Hall–Kier alpha value is -2.40. The van der Waals surface area contributed by atoms with Crippen LogP contribution in [0, 0.1) is 6.92 Å². The Morgan fingerprint density at radius 2 is 2.00 bits per heavy atom. The fourth-order valence-electron chi connectivity index (χ4n) is 3.22. The number of hydrogen-bond acceptors (Lipinski definition) is 3. The minimum atomic E-state index is -0.00112. The zero-order chi connectivity index (χ0) is 18.0. The van der Waals surface area contributed by atoms with Crippen LogP contribution in [0.5, 0.6) is 0 Å². The van der Waals surface area contributed by atoms with Crippen molar-refractivity contribution in [3.8, 4) is 11.1 Å². The molecule has 5 heteroatoms. The third-order valence-corrected chi connectivity index (χ3v) is 4.50. The van der Waals surface area contributed by atoms with Gasteiger partial charge < -0.3 is 14.6 Å². The maximum atomic E-state index is 12.0. The Morgan fingerprint density at radius 1 is 1.20 bits per heavy atom. The van der Waals surface area contributed by atoms with Crippen LogP contribution in [-0.4, -0.2) is 17.1 Å². The number of rotatable bonds is 5. The maximum absolute atomic E-state index is 12.0. The highest BCUT2D eigenvalue weighted by atomic mass is 16.5. The molecule has 0 fully saturated rings. The van der Waals surface area contributed by atoms with Crippen molar-refractivity contribution < 1.29 is 9.53 Å². The van der Waals surface area contributed by atoms with Crippen LogP contribution in [0.3, 0.4) is 0 Å². The number of carbonyl (C=O) groups excluding carboxylic acids is 1. The Kier molecular flexibility index (Phi) is 5.04. The van der Waals surface area contributed by atoms with Crippen molar-refractivity contribution in [3.63, 3.8) is 0 Å². The molecule has 2 aromatic rings. The van der Waals surface area contributed by atoms with Crippen molar-refractivity contribution in [2.24, 2.45) is 7.05 Å². The van der Waals surface area contributed by atoms with Crippen LogP contribution in [0.25, 0.3) is 11.1 Å². The number of amides is 1. The fraction of sp³-hybridized carbons (Fsp3) is 0.400. The van der Waals surface area contributed by atoms with E-state index in [9.17, 15) is 9.59 Å². The Balaban J connectivity index is 2.10. The van der Waals surface area contributed by atoms with E-state index < -0.39 is 0 Å². The summed E-state index contributed by atoms with van der Waals surface area (Å²) >= 11 is 0. The number of aromatic nitrogens is 1. The first-order valence-corrected chi connectivity index (χ1v) is 8.70. The highest BCUT2D eigenvalue weighted by molar-refractivity contribution is 5.95. The fourth-order valence-corrected chi connectivity index (χ4v) is 3.22. The number of ether oxygens (including phenoxy) is 1. The molecule has 2 heterocycles. The molecular weight excluding hydrogens is 316 g/mol. The van der Waals surface area contributed by atoms with Crippen molar-refractivity contribution in [2.75, 3.05) is 11.9 Å². The smallest absolute Gasteiger partial charge is 0.253 e. The third-order valence-electron chi connectivity index (χ3n) is 4.50. The summed E-state index contributed by atoms with van der Waals surface area (Å²) in [6.45, 7) is 5.13. The predicted molar refractivity (Wildman–Crippen MR) is 98.8 cm³/mol. The molecule has 0 atom stereocenters. The summed E-state index contributed by atoms with van der Waals surface area (Å²) in [5.74, 6) is 0.0464. The van der Waals surface area contributed by atoms with E-state index >= 15 is 0 Å². The summed E-state index contributed by atoms with van der Waals surface area (Å²) in [6, 6.07) is 6.04. The van der Waals surface area contributed by atoms with E-state index in [1.165, 1.54) is 0 Å². The number of nitrogens with zero attached hydrogens (tertiary/aromatic N) is 1. The van der Waals surface area contributed by atoms with E-state index in [0.717, 1.165) is 40.8 Å². The summed E-state index contributed by atoms with van der Waals surface area (Å²) < 4.78 is 7.37. The number of nitrogens with one attached hydrogen (secondary N) is 1. The summed E-state index contributed by atoms with van der Waals surface area (Å²) in [5.41, 5.74) is 5.73. The van der Waals surface area contributed by atoms with Crippen LogP contribution >= 0.6 is 0 Å². The minimum Gasteiger partial charge on any atom is -0.377 e. The molecular formula is C20H24N2O3. The number of fused-ring (bicyclic) bond motifs is 1. The quantitative estimate of drug-likeness (QED) is 0.851. The molecule has 0 radical (unpaired) electrons. The third kappa shape index (κ3) is 3.66. The summed E-state index contributed by atoms with van der Waals surface area (Å²) in [4.78, 5) is 23.7.